The molecule has 148 valence electrons. The average molecular weight is 380 g/mol. The zero-order valence-corrected chi connectivity index (χ0v) is 16.2. The molecule has 1 aliphatic heterocycles. The number of amides is 1. The summed E-state index contributed by atoms with van der Waals surface area (Å²) in [5.74, 6) is -0.481. The van der Waals surface area contributed by atoms with Gasteiger partial charge in [0.05, 0.1) is 11.3 Å². The van der Waals surface area contributed by atoms with Crippen molar-refractivity contribution in [3.05, 3.63) is 65.7 Å². The standard InChI is InChI=1S/C22H28N4O2/c1-24-22(16-7-3-2-4-8-16)13-11-21(12-14-22)15-26(20(28)25-21)18-10-6-5-9-17(18)19(23)27/h2-10,20,24-25,28H,11-15H2,1H3,(H2,23,27). The van der Waals surface area contributed by atoms with Crippen molar-refractivity contribution in [2.75, 3.05) is 18.5 Å². The van der Waals surface area contributed by atoms with Crippen LogP contribution in [0.3, 0.4) is 0 Å². The van der Waals surface area contributed by atoms with Crippen LogP contribution in [0.5, 0.6) is 0 Å². The second-order valence-electron chi connectivity index (χ2n) is 8.01. The average Bonchev–Trinajstić information content (AvgIpc) is 3.05. The van der Waals surface area contributed by atoms with Gasteiger partial charge in [-0.2, -0.15) is 0 Å². The lowest BCUT2D eigenvalue weighted by atomic mass is 9.69. The van der Waals surface area contributed by atoms with Gasteiger partial charge in [-0.25, -0.2) is 0 Å². The summed E-state index contributed by atoms with van der Waals surface area (Å²) in [5.41, 5.74) is 7.74. The van der Waals surface area contributed by atoms with Crippen molar-refractivity contribution in [1.29, 1.82) is 0 Å². The fourth-order valence-electron chi connectivity index (χ4n) is 4.86. The number of para-hydroxylation sites is 1. The van der Waals surface area contributed by atoms with E-state index in [0.29, 0.717) is 17.8 Å². The molecule has 2 aliphatic rings. The number of rotatable bonds is 4. The lowest BCUT2D eigenvalue weighted by Crippen LogP contribution is -2.54. The molecule has 0 radical (unpaired) electrons. The fourth-order valence-corrected chi connectivity index (χ4v) is 4.86. The number of anilines is 1. The van der Waals surface area contributed by atoms with Crippen LogP contribution in [0.4, 0.5) is 5.69 Å². The number of primary amides is 1. The Kier molecular flexibility index (Phi) is 4.87. The van der Waals surface area contributed by atoms with Crippen molar-refractivity contribution >= 4 is 11.6 Å². The molecule has 0 bridgehead atoms. The Morgan fingerprint density at radius 1 is 1.11 bits per heavy atom. The Balaban J connectivity index is 1.55. The van der Waals surface area contributed by atoms with Gasteiger partial charge in [0, 0.05) is 17.6 Å². The van der Waals surface area contributed by atoms with E-state index in [-0.39, 0.29) is 11.1 Å². The van der Waals surface area contributed by atoms with Gasteiger partial charge in [0.25, 0.3) is 5.91 Å². The van der Waals surface area contributed by atoms with Crippen molar-refractivity contribution in [2.45, 2.75) is 43.1 Å². The lowest BCUT2D eigenvalue weighted by Gasteiger charge is -2.45. The molecular formula is C22H28N4O2. The Morgan fingerprint density at radius 3 is 2.39 bits per heavy atom. The Labute approximate surface area is 165 Å². The minimum Gasteiger partial charge on any atom is -0.366 e. The van der Waals surface area contributed by atoms with Crippen LogP contribution in [0.2, 0.25) is 0 Å². The van der Waals surface area contributed by atoms with Crippen LogP contribution in [0.25, 0.3) is 0 Å². The van der Waals surface area contributed by atoms with E-state index >= 15 is 0 Å². The number of hydrogen-bond donors (Lipinski definition) is 4. The largest absolute Gasteiger partial charge is 0.366 e. The van der Waals surface area contributed by atoms with Crippen molar-refractivity contribution in [2.24, 2.45) is 5.73 Å². The molecule has 5 N–H and O–H groups in total. The molecule has 0 aromatic heterocycles. The maximum Gasteiger partial charge on any atom is 0.250 e. The maximum atomic E-state index is 11.8. The van der Waals surface area contributed by atoms with Gasteiger partial charge >= 0.3 is 0 Å². The van der Waals surface area contributed by atoms with Crippen molar-refractivity contribution in [3.8, 4) is 0 Å². The third-order valence-corrected chi connectivity index (χ3v) is 6.55. The van der Waals surface area contributed by atoms with E-state index in [9.17, 15) is 9.90 Å². The highest BCUT2D eigenvalue weighted by Crippen LogP contribution is 2.44. The molecule has 1 aliphatic carbocycles. The van der Waals surface area contributed by atoms with Crippen LogP contribution in [-0.4, -0.2) is 36.5 Å². The number of benzene rings is 2. The second-order valence-corrected chi connectivity index (χ2v) is 8.01. The SMILES string of the molecule is CNC1(c2ccccc2)CCC2(CC1)CN(c1ccccc1C(N)=O)C(O)N2. The number of aliphatic hydroxyl groups is 1. The first-order chi connectivity index (χ1) is 13.5. The third kappa shape index (κ3) is 3.17. The second kappa shape index (κ2) is 7.20. The molecule has 6 nitrogen and oxygen atoms in total. The van der Waals surface area contributed by atoms with E-state index < -0.39 is 12.3 Å². The molecular weight excluding hydrogens is 352 g/mol. The molecule has 1 saturated heterocycles. The van der Waals surface area contributed by atoms with E-state index in [1.165, 1.54) is 5.56 Å². The molecule has 1 saturated carbocycles. The monoisotopic (exact) mass is 380 g/mol. The minimum atomic E-state index is -0.834. The number of nitrogens with one attached hydrogen (secondary N) is 2. The molecule has 6 heteroatoms. The lowest BCUT2D eigenvalue weighted by molar-refractivity contribution is 0.0999. The van der Waals surface area contributed by atoms with Crippen LogP contribution in [0.1, 0.15) is 41.6 Å². The molecule has 2 fully saturated rings. The summed E-state index contributed by atoms with van der Waals surface area (Å²) in [6.45, 7) is 0.646. The van der Waals surface area contributed by atoms with E-state index in [4.69, 9.17) is 5.73 Å². The molecule has 1 amide bonds. The number of nitrogens with two attached hydrogens (primary N) is 1. The predicted octanol–water partition coefficient (Wildman–Crippen LogP) is 1.90. The van der Waals surface area contributed by atoms with Gasteiger partial charge in [0.2, 0.25) is 0 Å². The number of nitrogens with zero attached hydrogens (tertiary/aromatic N) is 1. The summed E-state index contributed by atoms with van der Waals surface area (Å²) in [6, 6.07) is 17.8. The smallest absolute Gasteiger partial charge is 0.250 e. The molecule has 2 aromatic rings. The van der Waals surface area contributed by atoms with Gasteiger partial charge in [-0.1, -0.05) is 42.5 Å². The van der Waals surface area contributed by atoms with Crippen LogP contribution < -0.4 is 21.3 Å². The molecule has 28 heavy (non-hydrogen) atoms. The number of aliphatic hydroxyl groups excluding tert-OH is 1. The van der Waals surface area contributed by atoms with Gasteiger partial charge < -0.3 is 21.1 Å². The topological polar surface area (TPSA) is 90.6 Å². The predicted molar refractivity (Wildman–Crippen MR) is 110 cm³/mol. The zero-order chi connectivity index (χ0) is 19.8. The Morgan fingerprint density at radius 2 is 1.75 bits per heavy atom. The van der Waals surface area contributed by atoms with E-state index in [2.05, 4.69) is 34.9 Å². The molecule has 1 heterocycles. The van der Waals surface area contributed by atoms with E-state index in [0.717, 1.165) is 25.7 Å². The van der Waals surface area contributed by atoms with Crippen molar-refractivity contribution in [3.63, 3.8) is 0 Å². The summed E-state index contributed by atoms with van der Waals surface area (Å²) in [6.07, 6.45) is 2.96. The first kappa shape index (κ1) is 18.9. The van der Waals surface area contributed by atoms with Crippen molar-refractivity contribution < 1.29 is 9.90 Å². The van der Waals surface area contributed by atoms with Crippen LogP contribution in [0, 0.1) is 0 Å². The minimum absolute atomic E-state index is 0.0440. The summed E-state index contributed by atoms with van der Waals surface area (Å²) in [7, 11) is 2.03. The Bertz CT molecular complexity index is 847. The first-order valence-electron chi connectivity index (χ1n) is 9.84. The summed E-state index contributed by atoms with van der Waals surface area (Å²) >= 11 is 0. The number of carbonyl (C=O) groups excluding carboxylic acids is 1. The molecule has 1 spiro atoms. The van der Waals surface area contributed by atoms with Crippen LogP contribution in [-0.2, 0) is 5.54 Å². The number of hydrogen-bond acceptors (Lipinski definition) is 5. The quantitative estimate of drug-likeness (QED) is 0.650. The Hall–Kier alpha value is -2.41. The summed E-state index contributed by atoms with van der Waals surface area (Å²) in [5, 5.41) is 17.7. The van der Waals surface area contributed by atoms with Crippen LogP contribution in [0.15, 0.2) is 54.6 Å². The summed E-state index contributed by atoms with van der Waals surface area (Å²) < 4.78 is 0. The molecule has 1 unspecified atom stereocenters. The zero-order valence-electron chi connectivity index (χ0n) is 16.2. The third-order valence-electron chi connectivity index (χ3n) is 6.55. The van der Waals surface area contributed by atoms with Gasteiger partial charge in [-0.05, 0) is 50.4 Å². The van der Waals surface area contributed by atoms with Crippen molar-refractivity contribution in [1.82, 2.24) is 10.6 Å². The van der Waals surface area contributed by atoms with Gasteiger partial charge in [-0.15, -0.1) is 0 Å². The van der Waals surface area contributed by atoms with E-state index in [1.807, 2.05) is 30.1 Å². The fraction of sp³-hybridized carbons (Fsp3) is 0.409. The highest BCUT2D eigenvalue weighted by Gasteiger charge is 2.49. The van der Waals surface area contributed by atoms with Gasteiger partial charge in [0.15, 0.2) is 6.35 Å². The maximum absolute atomic E-state index is 11.8. The van der Waals surface area contributed by atoms with Crippen LogP contribution >= 0.6 is 0 Å². The van der Waals surface area contributed by atoms with Gasteiger partial charge in [-0.3, -0.25) is 10.1 Å². The highest BCUT2D eigenvalue weighted by molar-refractivity contribution is 5.98. The first-order valence-corrected chi connectivity index (χ1v) is 9.84. The van der Waals surface area contributed by atoms with E-state index in [1.54, 1.807) is 12.1 Å². The highest BCUT2D eigenvalue weighted by atomic mass is 16.3. The summed E-state index contributed by atoms with van der Waals surface area (Å²) in [4.78, 5) is 13.7. The molecule has 4 rings (SSSR count). The number of carbonyl (C=O) groups is 1. The molecule has 2 aromatic carbocycles. The van der Waals surface area contributed by atoms with Gasteiger partial charge in [0.1, 0.15) is 0 Å². The normalized spacial score (nSPS) is 29.9. The molecule has 1 atom stereocenters.